The summed E-state index contributed by atoms with van der Waals surface area (Å²) in [6, 6.07) is 8.06. The summed E-state index contributed by atoms with van der Waals surface area (Å²) in [6.07, 6.45) is 2.68. The summed E-state index contributed by atoms with van der Waals surface area (Å²) in [7, 11) is 0. The molecule has 2 rings (SSSR count). The van der Waals surface area contributed by atoms with Crippen LogP contribution in [0.3, 0.4) is 0 Å². The van der Waals surface area contributed by atoms with Gasteiger partial charge in [0.05, 0.1) is 6.04 Å². The van der Waals surface area contributed by atoms with Crippen LogP contribution in [0.5, 0.6) is 0 Å². The summed E-state index contributed by atoms with van der Waals surface area (Å²) in [5.41, 5.74) is 6.54. The van der Waals surface area contributed by atoms with Crippen molar-refractivity contribution in [2.75, 3.05) is 13.2 Å². The number of benzene rings is 1. The molecule has 0 radical (unpaired) electrons. The maximum Gasteiger partial charge on any atom is 0.188 e. The Labute approximate surface area is 107 Å². The zero-order valence-corrected chi connectivity index (χ0v) is 10.5. The van der Waals surface area contributed by atoms with E-state index in [-0.39, 0.29) is 6.04 Å². The van der Waals surface area contributed by atoms with Crippen molar-refractivity contribution >= 4 is 17.5 Å². The van der Waals surface area contributed by atoms with E-state index in [9.17, 15) is 0 Å². The fourth-order valence-electron chi connectivity index (χ4n) is 1.87. The molecule has 0 saturated carbocycles. The van der Waals surface area contributed by atoms with Crippen LogP contribution in [0, 0.1) is 0 Å². The lowest BCUT2D eigenvalue weighted by atomic mass is 10.1. The maximum atomic E-state index is 6.10. The van der Waals surface area contributed by atoms with Crippen molar-refractivity contribution in [1.82, 2.24) is 0 Å². The van der Waals surface area contributed by atoms with Gasteiger partial charge in [0, 0.05) is 11.4 Å². The second-order valence-corrected chi connectivity index (χ2v) is 4.59. The summed E-state index contributed by atoms with van der Waals surface area (Å²) in [4.78, 5) is 4.54. The van der Waals surface area contributed by atoms with Crippen molar-refractivity contribution in [1.29, 1.82) is 0 Å². The number of halogens is 1. The van der Waals surface area contributed by atoms with Crippen LogP contribution >= 0.6 is 11.6 Å². The smallest absolute Gasteiger partial charge is 0.188 e. The predicted octanol–water partition coefficient (Wildman–Crippen LogP) is 2.42. The summed E-state index contributed by atoms with van der Waals surface area (Å²) in [6.45, 7) is 1.39. The van der Waals surface area contributed by atoms with Crippen molar-refractivity contribution in [3.8, 4) is 0 Å². The van der Waals surface area contributed by atoms with E-state index >= 15 is 0 Å². The van der Waals surface area contributed by atoms with Crippen LogP contribution in [0.1, 0.15) is 18.4 Å². The largest absolute Gasteiger partial charge is 0.478 e. The van der Waals surface area contributed by atoms with Gasteiger partial charge in [0.2, 0.25) is 0 Å². The van der Waals surface area contributed by atoms with E-state index < -0.39 is 0 Å². The van der Waals surface area contributed by atoms with Gasteiger partial charge in [0.25, 0.3) is 0 Å². The van der Waals surface area contributed by atoms with Crippen molar-refractivity contribution in [2.24, 2.45) is 10.7 Å². The third-order valence-electron chi connectivity index (χ3n) is 2.81. The van der Waals surface area contributed by atoms with Crippen LogP contribution in [0.15, 0.2) is 29.3 Å². The zero-order valence-electron chi connectivity index (χ0n) is 9.73. The van der Waals surface area contributed by atoms with Gasteiger partial charge in [-0.15, -0.1) is 0 Å². The van der Waals surface area contributed by atoms with Crippen LogP contribution in [-0.4, -0.2) is 25.1 Å². The average Bonchev–Trinajstić information content (AvgIpc) is 2.77. The van der Waals surface area contributed by atoms with Gasteiger partial charge in [0.1, 0.15) is 6.61 Å². The standard InChI is InChI=1S/C13H17ClN2O/c14-12-6-2-1-4-10(12)8-13-16-11(9-17-13)5-3-7-15/h1-2,4,6,11H,3,5,7-9,15H2. The lowest BCUT2D eigenvalue weighted by molar-refractivity contribution is 0.305. The third-order valence-corrected chi connectivity index (χ3v) is 3.18. The molecule has 0 aliphatic carbocycles. The first kappa shape index (κ1) is 12.4. The second-order valence-electron chi connectivity index (χ2n) is 4.19. The Kier molecular flexibility index (Phi) is 4.40. The van der Waals surface area contributed by atoms with Gasteiger partial charge in [-0.05, 0) is 31.0 Å². The van der Waals surface area contributed by atoms with Crippen LogP contribution in [0.25, 0.3) is 0 Å². The van der Waals surface area contributed by atoms with Crippen molar-refractivity contribution in [2.45, 2.75) is 25.3 Å². The molecule has 1 unspecified atom stereocenters. The number of hydrogen-bond donors (Lipinski definition) is 1. The molecular weight excluding hydrogens is 236 g/mol. The molecule has 17 heavy (non-hydrogen) atoms. The number of nitrogens with zero attached hydrogens (tertiary/aromatic N) is 1. The maximum absolute atomic E-state index is 6.10. The third kappa shape index (κ3) is 3.45. The summed E-state index contributed by atoms with van der Waals surface area (Å²) >= 11 is 6.10. The van der Waals surface area contributed by atoms with E-state index in [1.807, 2.05) is 24.3 Å². The van der Waals surface area contributed by atoms with Crippen LogP contribution in [0.4, 0.5) is 0 Å². The van der Waals surface area contributed by atoms with Crippen molar-refractivity contribution in [3.63, 3.8) is 0 Å². The number of hydrogen-bond acceptors (Lipinski definition) is 3. The number of nitrogens with two attached hydrogens (primary N) is 1. The molecule has 1 aromatic carbocycles. The van der Waals surface area contributed by atoms with Gasteiger partial charge in [0.15, 0.2) is 5.90 Å². The fraction of sp³-hybridized carbons (Fsp3) is 0.462. The number of aliphatic imine (C=N–C) groups is 1. The van der Waals surface area contributed by atoms with E-state index in [0.717, 1.165) is 29.3 Å². The molecule has 1 atom stereocenters. The molecule has 0 bridgehead atoms. The van der Waals surface area contributed by atoms with E-state index in [0.29, 0.717) is 19.6 Å². The predicted molar refractivity (Wildman–Crippen MR) is 70.6 cm³/mol. The molecule has 0 saturated heterocycles. The average molecular weight is 253 g/mol. The van der Waals surface area contributed by atoms with Crippen molar-refractivity contribution < 1.29 is 4.74 Å². The molecule has 1 aliphatic heterocycles. The monoisotopic (exact) mass is 252 g/mol. The summed E-state index contributed by atoms with van der Waals surface area (Å²) in [5.74, 6) is 0.792. The molecule has 0 fully saturated rings. The van der Waals surface area contributed by atoms with Gasteiger partial charge < -0.3 is 10.5 Å². The molecule has 0 amide bonds. The van der Waals surface area contributed by atoms with E-state index in [2.05, 4.69) is 4.99 Å². The van der Waals surface area contributed by atoms with Crippen LogP contribution < -0.4 is 5.73 Å². The van der Waals surface area contributed by atoms with Gasteiger partial charge in [-0.3, -0.25) is 0 Å². The molecule has 0 spiro atoms. The lowest BCUT2D eigenvalue weighted by Crippen LogP contribution is -2.09. The van der Waals surface area contributed by atoms with Gasteiger partial charge >= 0.3 is 0 Å². The van der Waals surface area contributed by atoms with Crippen molar-refractivity contribution in [3.05, 3.63) is 34.9 Å². The lowest BCUT2D eigenvalue weighted by Gasteiger charge is -2.03. The highest BCUT2D eigenvalue weighted by atomic mass is 35.5. The summed E-state index contributed by atoms with van der Waals surface area (Å²) < 4.78 is 5.57. The molecule has 0 aromatic heterocycles. The number of ether oxygens (including phenoxy) is 1. The molecule has 1 heterocycles. The Morgan fingerprint density at radius 2 is 2.24 bits per heavy atom. The molecule has 2 N–H and O–H groups in total. The highest BCUT2D eigenvalue weighted by molar-refractivity contribution is 6.31. The molecule has 92 valence electrons. The van der Waals surface area contributed by atoms with E-state index in [1.54, 1.807) is 0 Å². The molecule has 1 aliphatic rings. The Morgan fingerprint density at radius 3 is 3.00 bits per heavy atom. The first-order chi connectivity index (χ1) is 8.29. The molecule has 4 heteroatoms. The fourth-order valence-corrected chi connectivity index (χ4v) is 2.08. The van der Waals surface area contributed by atoms with E-state index in [4.69, 9.17) is 22.1 Å². The van der Waals surface area contributed by atoms with Gasteiger partial charge in [-0.2, -0.15) is 0 Å². The van der Waals surface area contributed by atoms with Gasteiger partial charge in [-0.25, -0.2) is 4.99 Å². The first-order valence-corrected chi connectivity index (χ1v) is 6.30. The molecule has 3 nitrogen and oxygen atoms in total. The quantitative estimate of drug-likeness (QED) is 0.875. The van der Waals surface area contributed by atoms with Gasteiger partial charge in [-0.1, -0.05) is 29.8 Å². The topological polar surface area (TPSA) is 47.6 Å². The van der Waals surface area contributed by atoms with Crippen LogP contribution in [-0.2, 0) is 11.2 Å². The minimum atomic E-state index is 0.274. The Bertz CT molecular complexity index is 406. The normalized spacial score (nSPS) is 18.9. The minimum Gasteiger partial charge on any atom is -0.478 e. The highest BCUT2D eigenvalue weighted by Crippen LogP contribution is 2.19. The summed E-state index contributed by atoms with van der Waals surface area (Å²) in [5, 5.41) is 0.768. The number of rotatable bonds is 5. The first-order valence-electron chi connectivity index (χ1n) is 5.92. The highest BCUT2D eigenvalue weighted by Gasteiger charge is 2.18. The second kappa shape index (κ2) is 6.03. The molecular formula is C13H17ClN2O. The minimum absolute atomic E-state index is 0.274. The van der Waals surface area contributed by atoms with E-state index in [1.165, 1.54) is 0 Å². The van der Waals surface area contributed by atoms with Crippen LogP contribution in [0.2, 0.25) is 5.02 Å². The Hall–Kier alpha value is -1.06. The Balaban J connectivity index is 1.94. The zero-order chi connectivity index (χ0) is 12.1. The Morgan fingerprint density at radius 1 is 1.41 bits per heavy atom. The molecule has 1 aromatic rings. The SMILES string of the molecule is NCCCC1COC(Cc2ccccc2Cl)=N1.